The fourth-order valence-electron chi connectivity index (χ4n) is 1.01. The van der Waals surface area contributed by atoms with Gasteiger partial charge in [-0.2, -0.15) is 0 Å². The first kappa shape index (κ1) is 10.4. The summed E-state index contributed by atoms with van der Waals surface area (Å²) in [7, 11) is 0. The van der Waals surface area contributed by atoms with E-state index in [2.05, 4.69) is 0 Å². The number of nitrogens with two attached hydrogens (primary N) is 1. The summed E-state index contributed by atoms with van der Waals surface area (Å²) in [6.07, 6.45) is -0.536. The predicted molar refractivity (Wildman–Crippen MR) is 50.6 cm³/mol. The Hall–Kier alpha value is -1.71. The summed E-state index contributed by atoms with van der Waals surface area (Å²) in [5.41, 5.74) is 6.08. The first-order chi connectivity index (χ1) is 6.63. The van der Waals surface area contributed by atoms with Gasteiger partial charge in [-0.1, -0.05) is 6.92 Å². The van der Waals surface area contributed by atoms with E-state index < -0.39 is 12.1 Å². The second-order valence-corrected chi connectivity index (χ2v) is 2.90. The molecule has 0 aliphatic rings. The molecule has 1 aromatic rings. The van der Waals surface area contributed by atoms with E-state index >= 15 is 0 Å². The SMILES string of the molecule is CC[C@H](Oc1ccc(N)cc1)C(=O)[O-]. The average Bonchev–Trinajstić information content (AvgIpc) is 2.16. The van der Waals surface area contributed by atoms with E-state index in [0.717, 1.165) is 0 Å². The van der Waals surface area contributed by atoms with E-state index in [1.807, 2.05) is 0 Å². The van der Waals surface area contributed by atoms with Crippen LogP contribution in [0.4, 0.5) is 5.69 Å². The molecule has 0 bridgehead atoms. The molecule has 0 spiro atoms. The van der Waals surface area contributed by atoms with E-state index in [0.29, 0.717) is 17.9 Å². The smallest absolute Gasteiger partial charge is 0.138 e. The number of benzene rings is 1. The van der Waals surface area contributed by atoms with Gasteiger partial charge in [-0.15, -0.1) is 0 Å². The Bertz CT molecular complexity index is 308. The second-order valence-electron chi connectivity index (χ2n) is 2.90. The highest BCUT2D eigenvalue weighted by atomic mass is 16.5. The van der Waals surface area contributed by atoms with Gasteiger partial charge in [0.05, 0.1) is 5.97 Å². The number of aliphatic carboxylic acids is 1. The first-order valence-electron chi connectivity index (χ1n) is 4.36. The van der Waals surface area contributed by atoms with Gasteiger partial charge in [-0.25, -0.2) is 0 Å². The number of carbonyl (C=O) groups is 1. The second kappa shape index (κ2) is 4.50. The van der Waals surface area contributed by atoms with Crippen molar-refractivity contribution in [2.75, 3.05) is 5.73 Å². The number of anilines is 1. The third-order valence-corrected chi connectivity index (χ3v) is 1.79. The summed E-state index contributed by atoms with van der Waals surface area (Å²) in [5, 5.41) is 10.5. The molecule has 1 atom stereocenters. The van der Waals surface area contributed by atoms with Crippen LogP contribution in [-0.2, 0) is 4.79 Å². The Morgan fingerprint density at radius 3 is 2.50 bits per heavy atom. The molecule has 0 saturated carbocycles. The molecule has 0 aliphatic heterocycles. The topological polar surface area (TPSA) is 75.4 Å². The predicted octanol–water partition coefficient (Wildman–Crippen LogP) is 0.176. The highest BCUT2D eigenvalue weighted by Gasteiger charge is 2.08. The fourth-order valence-corrected chi connectivity index (χ4v) is 1.01. The van der Waals surface area contributed by atoms with Crippen LogP contribution in [0.15, 0.2) is 24.3 Å². The summed E-state index contributed by atoms with van der Waals surface area (Å²) in [4.78, 5) is 10.5. The summed E-state index contributed by atoms with van der Waals surface area (Å²) in [6, 6.07) is 6.55. The van der Waals surface area contributed by atoms with Crippen molar-refractivity contribution in [1.82, 2.24) is 0 Å². The van der Waals surface area contributed by atoms with Crippen LogP contribution in [0, 0.1) is 0 Å². The molecule has 0 saturated heterocycles. The van der Waals surface area contributed by atoms with Crippen molar-refractivity contribution in [3.8, 4) is 5.75 Å². The Morgan fingerprint density at radius 2 is 2.07 bits per heavy atom. The van der Waals surface area contributed by atoms with Gasteiger partial charge in [0.1, 0.15) is 11.9 Å². The van der Waals surface area contributed by atoms with Crippen LogP contribution in [-0.4, -0.2) is 12.1 Å². The van der Waals surface area contributed by atoms with E-state index in [9.17, 15) is 9.90 Å². The molecule has 0 heterocycles. The summed E-state index contributed by atoms with van der Waals surface area (Å²) >= 11 is 0. The van der Waals surface area contributed by atoms with E-state index in [1.165, 1.54) is 0 Å². The lowest BCUT2D eigenvalue weighted by molar-refractivity contribution is -0.313. The lowest BCUT2D eigenvalue weighted by Crippen LogP contribution is -2.39. The van der Waals surface area contributed by atoms with Gasteiger partial charge in [0.25, 0.3) is 0 Å². The summed E-state index contributed by atoms with van der Waals surface area (Å²) < 4.78 is 5.16. The first-order valence-corrected chi connectivity index (χ1v) is 4.36. The molecule has 4 heteroatoms. The third kappa shape index (κ3) is 2.65. The standard InChI is InChI=1S/C10H13NO3/c1-2-9(10(12)13)14-8-5-3-7(11)4-6-8/h3-6,9H,2,11H2,1H3,(H,12,13)/p-1/t9-/m0/s1. The van der Waals surface area contributed by atoms with Crippen LogP contribution >= 0.6 is 0 Å². The minimum atomic E-state index is -1.20. The van der Waals surface area contributed by atoms with Crippen molar-refractivity contribution in [3.63, 3.8) is 0 Å². The lowest BCUT2D eigenvalue weighted by atomic mass is 10.2. The largest absolute Gasteiger partial charge is 0.546 e. The van der Waals surface area contributed by atoms with Crippen molar-refractivity contribution in [2.45, 2.75) is 19.4 Å². The maximum Gasteiger partial charge on any atom is 0.138 e. The van der Waals surface area contributed by atoms with Crippen molar-refractivity contribution in [1.29, 1.82) is 0 Å². The molecular formula is C10H12NO3-. The molecule has 76 valence electrons. The van der Waals surface area contributed by atoms with Gasteiger partial charge >= 0.3 is 0 Å². The number of ether oxygens (including phenoxy) is 1. The Kier molecular flexibility index (Phi) is 3.34. The van der Waals surface area contributed by atoms with Crippen LogP contribution in [0.2, 0.25) is 0 Å². The molecule has 0 aromatic heterocycles. The van der Waals surface area contributed by atoms with Crippen LogP contribution in [0.5, 0.6) is 5.75 Å². The Balaban J connectivity index is 2.67. The third-order valence-electron chi connectivity index (χ3n) is 1.79. The molecular weight excluding hydrogens is 182 g/mol. The molecule has 0 unspecified atom stereocenters. The number of carbonyl (C=O) groups excluding carboxylic acids is 1. The zero-order chi connectivity index (χ0) is 10.6. The normalized spacial score (nSPS) is 12.1. The molecule has 0 aliphatic carbocycles. The van der Waals surface area contributed by atoms with Crippen LogP contribution in [0.25, 0.3) is 0 Å². The summed E-state index contributed by atoms with van der Waals surface area (Å²) in [5.74, 6) is -0.723. The van der Waals surface area contributed by atoms with Gasteiger partial charge in [0.2, 0.25) is 0 Å². The highest BCUT2D eigenvalue weighted by Crippen LogP contribution is 2.15. The number of carboxylic acid groups (broad SMARTS) is 1. The molecule has 14 heavy (non-hydrogen) atoms. The molecule has 1 aromatic carbocycles. The molecule has 0 fully saturated rings. The maximum atomic E-state index is 10.5. The fraction of sp³-hybridized carbons (Fsp3) is 0.300. The monoisotopic (exact) mass is 194 g/mol. The van der Waals surface area contributed by atoms with Gasteiger partial charge in [-0.3, -0.25) is 0 Å². The zero-order valence-corrected chi connectivity index (χ0v) is 7.90. The molecule has 0 radical (unpaired) electrons. The zero-order valence-electron chi connectivity index (χ0n) is 7.90. The van der Waals surface area contributed by atoms with Gasteiger partial charge in [0, 0.05) is 5.69 Å². The van der Waals surface area contributed by atoms with Gasteiger partial charge in [0.15, 0.2) is 0 Å². The van der Waals surface area contributed by atoms with E-state index in [4.69, 9.17) is 10.5 Å². The number of nitrogen functional groups attached to an aromatic ring is 1. The minimum absolute atomic E-state index is 0.368. The molecule has 0 amide bonds. The quantitative estimate of drug-likeness (QED) is 0.693. The lowest BCUT2D eigenvalue weighted by Gasteiger charge is -2.18. The van der Waals surface area contributed by atoms with E-state index in [-0.39, 0.29) is 0 Å². The van der Waals surface area contributed by atoms with Crippen LogP contribution in [0.1, 0.15) is 13.3 Å². The van der Waals surface area contributed by atoms with Crippen molar-refractivity contribution >= 4 is 11.7 Å². The number of hydrogen-bond acceptors (Lipinski definition) is 4. The van der Waals surface area contributed by atoms with Crippen LogP contribution in [0.3, 0.4) is 0 Å². The van der Waals surface area contributed by atoms with Gasteiger partial charge < -0.3 is 20.4 Å². The van der Waals surface area contributed by atoms with Crippen molar-refractivity contribution in [3.05, 3.63) is 24.3 Å². The number of hydrogen-bond donors (Lipinski definition) is 1. The Labute approximate surface area is 82.3 Å². The van der Waals surface area contributed by atoms with Crippen molar-refractivity contribution < 1.29 is 14.6 Å². The molecule has 1 rings (SSSR count). The van der Waals surface area contributed by atoms with Gasteiger partial charge in [-0.05, 0) is 30.7 Å². The molecule has 4 nitrogen and oxygen atoms in total. The molecule has 2 N–H and O–H groups in total. The van der Waals surface area contributed by atoms with Crippen molar-refractivity contribution in [2.24, 2.45) is 0 Å². The highest BCUT2D eigenvalue weighted by molar-refractivity contribution is 5.70. The van der Waals surface area contributed by atoms with E-state index in [1.54, 1.807) is 31.2 Å². The Morgan fingerprint density at radius 1 is 1.50 bits per heavy atom. The van der Waals surface area contributed by atoms with Crippen LogP contribution < -0.4 is 15.6 Å². The minimum Gasteiger partial charge on any atom is -0.546 e. The maximum absolute atomic E-state index is 10.5. The number of carboxylic acids is 1. The average molecular weight is 194 g/mol. The summed E-state index contributed by atoms with van der Waals surface area (Å²) in [6.45, 7) is 1.72. The number of rotatable bonds is 4.